The quantitative estimate of drug-likeness (QED) is 0.293. The fraction of sp³-hybridized carbons (Fsp3) is 0.423. The second-order valence-corrected chi connectivity index (χ2v) is 10.9. The van der Waals surface area contributed by atoms with Gasteiger partial charge < -0.3 is 25.0 Å². The summed E-state index contributed by atoms with van der Waals surface area (Å²) in [7, 11) is 0. The monoisotopic (exact) mass is 554 g/mol. The van der Waals surface area contributed by atoms with Crippen molar-refractivity contribution in [3.05, 3.63) is 46.3 Å². The zero-order valence-corrected chi connectivity index (χ0v) is 22.8. The van der Waals surface area contributed by atoms with Crippen LogP contribution in [0.1, 0.15) is 40.6 Å². The van der Waals surface area contributed by atoms with Crippen LogP contribution < -0.4 is 15.5 Å². The number of carbonyl (C=O) groups is 2. The Kier molecular flexibility index (Phi) is 8.72. The molecule has 12 heteroatoms. The SMILES string of the molecule is CCOC(=O)c1c(NC(=O)CSc2nc(Nc3ccccc3)nc(N3CCOCC3)n2)sc2c1CCCC2. The topological polar surface area (TPSA) is 119 Å². The van der Waals surface area contributed by atoms with Crippen molar-refractivity contribution < 1.29 is 19.1 Å². The first-order valence-corrected chi connectivity index (χ1v) is 14.6. The van der Waals surface area contributed by atoms with E-state index in [-0.39, 0.29) is 24.2 Å². The first-order chi connectivity index (χ1) is 18.6. The molecule has 2 N–H and O–H groups in total. The van der Waals surface area contributed by atoms with E-state index < -0.39 is 0 Å². The molecule has 1 fully saturated rings. The number of fused-ring (bicyclic) bond motifs is 1. The molecule has 10 nitrogen and oxygen atoms in total. The molecule has 2 aromatic heterocycles. The smallest absolute Gasteiger partial charge is 0.341 e. The molecule has 3 aromatic rings. The van der Waals surface area contributed by atoms with Gasteiger partial charge >= 0.3 is 5.97 Å². The van der Waals surface area contributed by atoms with E-state index in [1.165, 1.54) is 23.1 Å². The average molecular weight is 555 g/mol. The fourth-order valence-electron chi connectivity index (χ4n) is 4.39. The number of rotatable bonds is 9. The molecule has 200 valence electrons. The number of thioether (sulfide) groups is 1. The molecule has 0 bridgehead atoms. The predicted octanol–water partition coefficient (Wildman–Crippen LogP) is 4.30. The minimum Gasteiger partial charge on any atom is -0.462 e. The number of thiophene rings is 1. The normalized spacial score (nSPS) is 15.0. The number of aromatic nitrogens is 3. The van der Waals surface area contributed by atoms with E-state index in [1.807, 2.05) is 35.2 Å². The van der Waals surface area contributed by atoms with Crippen molar-refractivity contribution in [1.82, 2.24) is 15.0 Å². The summed E-state index contributed by atoms with van der Waals surface area (Å²) in [6, 6.07) is 9.66. The number of amides is 1. The predicted molar refractivity (Wildman–Crippen MR) is 149 cm³/mol. The van der Waals surface area contributed by atoms with E-state index in [0.717, 1.165) is 41.8 Å². The van der Waals surface area contributed by atoms with Crippen LogP contribution in [0.2, 0.25) is 0 Å². The molecule has 0 spiro atoms. The zero-order chi connectivity index (χ0) is 26.3. The summed E-state index contributed by atoms with van der Waals surface area (Å²) >= 11 is 2.71. The Morgan fingerprint density at radius 3 is 2.68 bits per heavy atom. The second kappa shape index (κ2) is 12.5. The van der Waals surface area contributed by atoms with Gasteiger partial charge in [-0.3, -0.25) is 4.79 Å². The number of esters is 1. The van der Waals surface area contributed by atoms with Gasteiger partial charge in [-0.25, -0.2) is 4.79 Å². The Morgan fingerprint density at radius 1 is 1.11 bits per heavy atom. The molecule has 1 aliphatic carbocycles. The number of nitrogens with one attached hydrogen (secondary N) is 2. The van der Waals surface area contributed by atoms with E-state index in [2.05, 4.69) is 25.6 Å². The van der Waals surface area contributed by atoms with Gasteiger partial charge in [0.25, 0.3) is 0 Å². The number of benzene rings is 1. The lowest BCUT2D eigenvalue weighted by Crippen LogP contribution is -2.37. The molecule has 1 saturated heterocycles. The summed E-state index contributed by atoms with van der Waals surface area (Å²) in [5.74, 6) is 0.428. The van der Waals surface area contributed by atoms with Gasteiger partial charge in [0.15, 0.2) is 5.16 Å². The molecular weight excluding hydrogens is 524 g/mol. The molecule has 0 radical (unpaired) electrons. The summed E-state index contributed by atoms with van der Waals surface area (Å²) in [6.07, 6.45) is 3.87. The Hall–Kier alpha value is -3.22. The third-order valence-corrected chi connectivity index (χ3v) is 8.22. The van der Waals surface area contributed by atoms with Gasteiger partial charge in [-0.1, -0.05) is 30.0 Å². The summed E-state index contributed by atoms with van der Waals surface area (Å²) in [4.78, 5) is 42.7. The van der Waals surface area contributed by atoms with Crippen molar-refractivity contribution in [2.75, 3.05) is 54.2 Å². The lowest BCUT2D eigenvalue weighted by atomic mass is 9.95. The maximum atomic E-state index is 13.0. The highest BCUT2D eigenvalue weighted by Gasteiger charge is 2.27. The number of hydrogen-bond acceptors (Lipinski definition) is 11. The van der Waals surface area contributed by atoms with E-state index in [9.17, 15) is 9.59 Å². The lowest BCUT2D eigenvalue weighted by Gasteiger charge is -2.27. The van der Waals surface area contributed by atoms with Gasteiger partial charge in [-0.05, 0) is 50.3 Å². The van der Waals surface area contributed by atoms with Crippen LogP contribution in [0.3, 0.4) is 0 Å². The molecule has 0 saturated carbocycles. The molecule has 3 heterocycles. The third-order valence-electron chi connectivity index (χ3n) is 6.16. The van der Waals surface area contributed by atoms with Crippen LogP contribution in [0.4, 0.5) is 22.6 Å². The Bertz CT molecular complexity index is 1280. The maximum absolute atomic E-state index is 13.0. The van der Waals surface area contributed by atoms with Crippen molar-refractivity contribution in [3.8, 4) is 0 Å². The van der Waals surface area contributed by atoms with E-state index in [1.54, 1.807) is 6.92 Å². The summed E-state index contributed by atoms with van der Waals surface area (Å²) < 4.78 is 10.8. The third kappa shape index (κ3) is 6.43. The Morgan fingerprint density at radius 2 is 1.89 bits per heavy atom. The highest BCUT2D eigenvalue weighted by molar-refractivity contribution is 7.99. The van der Waals surface area contributed by atoms with Gasteiger partial charge in [0, 0.05) is 23.7 Å². The van der Waals surface area contributed by atoms with Crippen molar-refractivity contribution in [1.29, 1.82) is 0 Å². The molecule has 1 aromatic carbocycles. The van der Waals surface area contributed by atoms with Crippen LogP contribution in [0, 0.1) is 0 Å². The maximum Gasteiger partial charge on any atom is 0.341 e. The fourth-order valence-corrected chi connectivity index (χ4v) is 6.31. The van der Waals surface area contributed by atoms with E-state index >= 15 is 0 Å². The van der Waals surface area contributed by atoms with Crippen LogP contribution in [-0.2, 0) is 27.1 Å². The largest absolute Gasteiger partial charge is 0.462 e. The minimum atomic E-state index is -0.376. The highest BCUT2D eigenvalue weighted by atomic mass is 32.2. The summed E-state index contributed by atoms with van der Waals surface area (Å²) in [5.41, 5.74) is 2.38. The summed E-state index contributed by atoms with van der Waals surface area (Å²) in [5, 5.41) is 7.18. The Balaban J connectivity index is 1.32. The molecule has 0 atom stereocenters. The number of aryl methyl sites for hydroxylation is 1. The second-order valence-electron chi connectivity index (χ2n) is 8.80. The number of anilines is 4. The Labute approximate surface area is 229 Å². The number of hydrogen-bond donors (Lipinski definition) is 2. The molecule has 5 rings (SSSR count). The van der Waals surface area contributed by atoms with Gasteiger partial charge in [-0.15, -0.1) is 11.3 Å². The number of carbonyl (C=O) groups excluding carboxylic acids is 2. The van der Waals surface area contributed by atoms with Gasteiger partial charge in [0.1, 0.15) is 5.00 Å². The number of ether oxygens (including phenoxy) is 2. The van der Waals surface area contributed by atoms with Gasteiger partial charge in [0.2, 0.25) is 17.8 Å². The molecule has 1 aliphatic heterocycles. The van der Waals surface area contributed by atoms with Crippen molar-refractivity contribution >= 4 is 57.6 Å². The standard InChI is InChI=1S/C26H30N6O4S2/c1-2-36-23(34)21-18-10-6-7-11-19(18)38-22(21)28-20(33)16-37-26-30-24(27-17-8-4-3-5-9-17)29-25(31-26)32-12-14-35-15-13-32/h3-5,8-9H,2,6-7,10-16H2,1H3,(H,28,33)(H,27,29,30,31). The number of morpholine rings is 1. The first-order valence-electron chi connectivity index (χ1n) is 12.8. The van der Waals surface area contributed by atoms with E-state index in [4.69, 9.17) is 9.47 Å². The van der Waals surface area contributed by atoms with Crippen LogP contribution in [-0.4, -0.2) is 65.5 Å². The van der Waals surface area contributed by atoms with Crippen LogP contribution in [0.15, 0.2) is 35.5 Å². The molecule has 0 unspecified atom stereocenters. The summed E-state index contributed by atoms with van der Waals surface area (Å²) in [6.45, 7) is 4.64. The van der Waals surface area contributed by atoms with Gasteiger partial charge in [-0.2, -0.15) is 15.0 Å². The van der Waals surface area contributed by atoms with Crippen LogP contribution >= 0.6 is 23.1 Å². The molecule has 2 aliphatic rings. The average Bonchev–Trinajstić information content (AvgIpc) is 3.31. The molecule has 1 amide bonds. The first kappa shape index (κ1) is 26.4. The molecular formula is C26H30N6O4S2. The molecule has 38 heavy (non-hydrogen) atoms. The van der Waals surface area contributed by atoms with Gasteiger partial charge in [0.05, 0.1) is 31.1 Å². The minimum absolute atomic E-state index is 0.0855. The van der Waals surface area contributed by atoms with E-state index in [0.29, 0.717) is 53.9 Å². The van der Waals surface area contributed by atoms with Crippen molar-refractivity contribution in [2.24, 2.45) is 0 Å². The van der Waals surface area contributed by atoms with Crippen molar-refractivity contribution in [3.63, 3.8) is 0 Å². The highest BCUT2D eigenvalue weighted by Crippen LogP contribution is 2.38. The van der Waals surface area contributed by atoms with Crippen LogP contribution in [0.25, 0.3) is 0 Å². The number of nitrogens with zero attached hydrogens (tertiary/aromatic N) is 4. The zero-order valence-electron chi connectivity index (χ0n) is 21.2. The van der Waals surface area contributed by atoms with Crippen molar-refractivity contribution in [2.45, 2.75) is 37.8 Å². The lowest BCUT2D eigenvalue weighted by molar-refractivity contribution is -0.113. The van der Waals surface area contributed by atoms with Crippen LogP contribution in [0.5, 0.6) is 0 Å². The number of para-hydroxylation sites is 1.